The largest absolute Gasteiger partial charge is 0.416 e. The number of aryl methyl sites for hydroxylation is 1. The van der Waals surface area contributed by atoms with E-state index in [0.29, 0.717) is 23.2 Å². The number of likely N-dealkylation sites (N-methyl/N-ethyl adjacent to an activating group) is 1. The Balaban J connectivity index is 0. The number of hydrogen-bond acceptors (Lipinski definition) is 6. The number of rotatable bonds is 10. The standard InChI is InChI=1S/C19H21F3N2O.C15H16O3S.C4H8.2C2H6.ClH/c1-4-7-15(19(20,21)22)12-17(18(25)8-5-2)24(3)16-10-6-9-14(11-16)13-23;1-11-5-3-6-12(9-11)15(16)13-7-4-8-14(10-13)19(2,17)18;1-4-2-3-4;2*1-2;/h6-7,9-12H,4-5,8H2,1-3H3;3-10,15-16H,1-2H3;4H,2-3H2,1H3;2*1-2H3;1H/b15-7-,17-12-;;;;;. The van der Waals surface area contributed by atoms with Crippen molar-refractivity contribution in [1.82, 2.24) is 0 Å². The van der Waals surface area contributed by atoms with Crippen LogP contribution in [0.15, 0.2) is 101 Å². The van der Waals surface area contributed by atoms with Gasteiger partial charge in [-0.05, 0) is 73.2 Å². The van der Waals surface area contributed by atoms with E-state index >= 15 is 0 Å². The van der Waals surface area contributed by atoms with Crippen LogP contribution in [0.5, 0.6) is 0 Å². The van der Waals surface area contributed by atoms with Crippen LogP contribution in [0.3, 0.4) is 0 Å². The molecule has 3 aromatic carbocycles. The summed E-state index contributed by atoms with van der Waals surface area (Å²) in [5, 5.41) is 19.3. The molecule has 4 rings (SSSR count). The molecular formula is C42H58ClF3N2O4S. The van der Waals surface area contributed by atoms with Crippen molar-refractivity contribution in [1.29, 1.82) is 5.26 Å². The fraction of sp³-hybridized carbons (Fsp3) is 0.429. The second-order valence-corrected chi connectivity index (χ2v) is 13.8. The van der Waals surface area contributed by atoms with Crippen molar-refractivity contribution in [2.75, 3.05) is 18.2 Å². The minimum Gasteiger partial charge on any atom is -0.384 e. The number of halogens is 4. The lowest BCUT2D eigenvalue weighted by Gasteiger charge is -2.23. The quantitative estimate of drug-likeness (QED) is 0.163. The first kappa shape index (κ1) is 51.2. The summed E-state index contributed by atoms with van der Waals surface area (Å²) in [5.74, 6) is 0.707. The molecule has 1 fully saturated rings. The maximum Gasteiger partial charge on any atom is 0.416 e. The van der Waals surface area contributed by atoms with E-state index < -0.39 is 27.7 Å². The van der Waals surface area contributed by atoms with Crippen molar-refractivity contribution in [3.05, 3.63) is 118 Å². The van der Waals surface area contributed by atoms with Crippen molar-refractivity contribution in [3.8, 4) is 6.07 Å². The molecular weight excluding hydrogens is 721 g/mol. The number of allylic oxidation sites excluding steroid dienone is 4. The molecule has 11 heteroatoms. The summed E-state index contributed by atoms with van der Waals surface area (Å²) < 4.78 is 62.7. The van der Waals surface area contributed by atoms with Gasteiger partial charge in [-0.15, -0.1) is 12.4 Å². The van der Waals surface area contributed by atoms with Gasteiger partial charge in [-0.25, -0.2) is 8.42 Å². The van der Waals surface area contributed by atoms with Crippen LogP contribution in [0, 0.1) is 24.2 Å². The Hall–Kier alpha value is -3.91. The fourth-order valence-corrected chi connectivity index (χ4v) is 5.06. The highest BCUT2D eigenvalue weighted by Gasteiger charge is 2.33. The monoisotopic (exact) mass is 778 g/mol. The lowest BCUT2D eigenvalue weighted by molar-refractivity contribution is -0.115. The number of sulfone groups is 1. The number of alkyl halides is 3. The third-order valence-electron chi connectivity index (χ3n) is 7.36. The van der Waals surface area contributed by atoms with Crippen LogP contribution < -0.4 is 4.90 Å². The molecule has 0 saturated heterocycles. The lowest BCUT2D eigenvalue weighted by Crippen LogP contribution is -2.24. The minimum absolute atomic E-state index is 0. The summed E-state index contributed by atoms with van der Waals surface area (Å²) in [4.78, 5) is 14.0. The number of hydrogen-bond donors (Lipinski definition) is 1. The van der Waals surface area contributed by atoms with Crippen LogP contribution in [0.25, 0.3) is 0 Å². The SMILES string of the molecule is CC.CC.CC/C=C(/C=C(/C(=O)CCC)N(C)c1cccc(C#N)c1)C(F)(F)F.CC1CC1.Cc1cccc(C(O)c2cccc(S(C)(=O)=O)c2)c1.Cl. The topological polar surface area (TPSA) is 98.5 Å². The highest BCUT2D eigenvalue weighted by Crippen LogP contribution is 2.30. The van der Waals surface area contributed by atoms with Crippen molar-refractivity contribution in [3.63, 3.8) is 0 Å². The lowest BCUT2D eigenvalue weighted by atomic mass is 10.0. The molecule has 3 aromatic rings. The van der Waals surface area contributed by atoms with Gasteiger partial charge in [-0.2, -0.15) is 18.4 Å². The Bertz CT molecular complexity index is 1750. The highest BCUT2D eigenvalue weighted by molar-refractivity contribution is 7.90. The van der Waals surface area contributed by atoms with Gasteiger partial charge in [-0.1, -0.05) is 115 Å². The zero-order chi connectivity index (χ0) is 40.1. The maximum atomic E-state index is 13.2. The fourth-order valence-electron chi connectivity index (χ4n) is 4.38. The average Bonchev–Trinajstić information content (AvgIpc) is 3.92. The van der Waals surface area contributed by atoms with Crippen molar-refractivity contribution < 1.29 is 31.5 Å². The minimum atomic E-state index is -4.54. The molecule has 1 unspecified atom stereocenters. The summed E-state index contributed by atoms with van der Waals surface area (Å²) in [6.07, 6.45) is 1.59. The number of carbonyl (C=O) groups is 1. The molecule has 0 aliphatic heterocycles. The number of Topliss-reactive ketones (excluding diaryl/α,β-unsaturated/α-hetero) is 1. The number of aliphatic hydroxyl groups is 1. The van der Waals surface area contributed by atoms with Gasteiger partial charge in [0.15, 0.2) is 15.6 Å². The van der Waals surface area contributed by atoms with Gasteiger partial charge in [0.25, 0.3) is 0 Å². The molecule has 0 aromatic heterocycles. The first-order chi connectivity index (χ1) is 24.5. The van der Waals surface area contributed by atoms with E-state index in [-0.39, 0.29) is 41.6 Å². The third kappa shape index (κ3) is 19.1. The Labute approximate surface area is 322 Å². The van der Waals surface area contributed by atoms with Gasteiger partial charge in [0.05, 0.1) is 27.8 Å². The molecule has 1 N–H and O–H groups in total. The van der Waals surface area contributed by atoms with Gasteiger partial charge >= 0.3 is 6.18 Å². The van der Waals surface area contributed by atoms with Gasteiger partial charge in [0.2, 0.25) is 0 Å². The van der Waals surface area contributed by atoms with Crippen LogP contribution in [0.4, 0.5) is 18.9 Å². The second-order valence-electron chi connectivity index (χ2n) is 11.8. The van der Waals surface area contributed by atoms with Crippen LogP contribution >= 0.6 is 12.4 Å². The van der Waals surface area contributed by atoms with E-state index in [1.807, 2.05) is 65.0 Å². The third-order valence-corrected chi connectivity index (χ3v) is 8.47. The Morgan fingerprint density at radius 2 is 1.51 bits per heavy atom. The number of carbonyl (C=O) groups excluding carboxylic acids is 1. The smallest absolute Gasteiger partial charge is 0.384 e. The summed E-state index contributed by atoms with van der Waals surface area (Å²) >= 11 is 0. The number of anilines is 1. The molecule has 6 nitrogen and oxygen atoms in total. The predicted octanol–water partition coefficient (Wildman–Crippen LogP) is 11.5. The molecule has 1 aliphatic rings. The first-order valence-corrected chi connectivity index (χ1v) is 19.7. The van der Waals surface area contributed by atoms with Gasteiger partial charge in [-0.3, -0.25) is 4.79 Å². The molecule has 294 valence electrons. The molecule has 0 bridgehead atoms. The van der Waals surface area contributed by atoms with Gasteiger partial charge in [0, 0.05) is 25.4 Å². The highest BCUT2D eigenvalue weighted by atomic mass is 35.5. The molecule has 0 amide bonds. The van der Waals surface area contributed by atoms with Gasteiger partial charge in [0.1, 0.15) is 6.10 Å². The Morgan fingerprint density at radius 3 is 1.96 bits per heavy atom. The number of aliphatic hydroxyl groups excluding tert-OH is 1. The zero-order valence-electron chi connectivity index (χ0n) is 32.8. The van der Waals surface area contributed by atoms with E-state index in [4.69, 9.17) is 5.26 Å². The summed E-state index contributed by atoms with van der Waals surface area (Å²) in [7, 11) is -1.74. The summed E-state index contributed by atoms with van der Waals surface area (Å²) in [6, 6.07) is 22.3. The van der Waals surface area contributed by atoms with E-state index in [9.17, 15) is 31.5 Å². The van der Waals surface area contributed by atoms with E-state index in [2.05, 4.69) is 6.92 Å². The van der Waals surface area contributed by atoms with E-state index in [0.717, 1.165) is 35.5 Å². The molecule has 53 heavy (non-hydrogen) atoms. The Kier molecular flexibility index (Phi) is 25.1. The van der Waals surface area contributed by atoms with Crippen LogP contribution in [-0.2, 0) is 14.6 Å². The Morgan fingerprint density at radius 1 is 0.981 bits per heavy atom. The molecule has 0 radical (unpaired) electrons. The van der Waals surface area contributed by atoms with Crippen molar-refractivity contribution in [2.24, 2.45) is 5.92 Å². The average molecular weight is 779 g/mol. The predicted molar refractivity (Wildman–Crippen MR) is 215 cm³/mol. The normalized spacial score (nSPS) is 12.9. The van der Waals surface area contributed by atoms with Crippen LogP contribution in [0.2, 0.25) is 0 Å². The number of ketones is 1. The number of benzene rings is 3. The maximum absolute atomic E-state index is 13.2. The van der Waals surface area contributed by atoms with E-state index in [1.54, 1.807) is 44.2 Å². The number of nitriles is 1. The molecule has 1 aliphatic carbocycles. The molecule has 1 atom stereocenters. The van der Waals surface area contributed by atoms with E-state index in [1.165, 1.54) is 43.0 Å². The van der Waals surface area contributed by atoms with Crippen molar-refractivity contribution >= 4 is 33.7 Å². The molecule has 1 saturated carbocycles. The van der Waals surface area contributed by atoms with Crippen LogP contribution in [-0.4, -0.2) is 38.8 Å². The molecule has 0 heterocycles. The van der Waals surface area contributed by atoms with Crippen molar-refractivity contribution in [2.45, 2.75) is 105 Å². The number of nitrogens with zero attached hydrogens (tertiary/aromatic N) is 2. The molecule has 0 spiro atoms. The summed E-state index contributed by atoms with van der Waals surface area (Å²) in [6.45, 7) is 15.6. The second kappa shape index (κ2) is 26.0. The summed E-state index contributed by atoms with van der Waals surface area (Å²) in [5.41, 5.74) is 2.33. The zero-order valence-corrected chi connectivity index (χ0v) is 34.4. The van der Waals surface area contributed by atoms with Gasteiger partial charge < -0.3 is 10.0 Å². The van der Waals surface area contributed by atoms with Crippen LogP contribution in [0.1, 0.15) is 109 Å². The first-order valence-electron chi connectivity index (χ1n) is 17.8.